The number of nitrogens with one attached hydrogen (secondary N) is 1. The molecule has 0 aromatic heterocycles. The highest BCUT2D eigenvalue weighted by molar-refractivity contribution is 5.75. The van der Waals surface area contributed by atoms with Gasteiger partial charge in [0.25, 0.3) is 0 Å². The van der Waals surface area contributed by atoms with E-state index in [1.165, 1.54) is 7.11 Å². The summed E-state index contributed by atoms with van der Waals surface area (Å²) in [5.41, 5.74) is 0. The molecule has 0 aliphatic carbocycles. The first-order chi connectivity index (χ1) is 5.70. The number of esters is 2. The molecule has 66 valence electrons. The first kappa shape index (κ1) is 10.5. The van der Waals surface area contributed by atoms with E-state index in [0.717, 1.165) is 0 Å². The fraction of sp³-hybridized carbons (Fsp3) is 0.429. The Labute approximate surface area is 70.0 Å². The normalized spacial score (nSPS) is 8.33. The Morgan fingerprint density at radius 3 is 2.50 bits per heavy atom. The summed E-state index contributed by atoms with van der Waals surface area (Å²) in [6.45, 7) is -0.157. The number of carbonyl (C=O) groups is 2. The molecule has 5 nitrogen and oxygen atoms in total. The summed E-state index contributed by atoms with van der Waals surface area (Å²) in [5, 5.41) is 2.48. The van der Waals surface area contributed by atoms with Crippen LogP contribution in [0.2, 0.25) is 0 Å². The van der Waals surface area contributed by atoms with Crippen molar-refractivity contribution in [3.63, 3.8) is 0 Å². The van der Waals surface area contributed by atoms with Crippen LogP contribution in [0.25, 0.3) is 0 Å². The molecule has 0 amide bonds. The number of hydrogen-bond donors (Lipinski definition) is 1. The van der Waals surface area contributed by atoms with E-state index in [9.17, 15) is 9.59 Å². The third kappa shape index (κ3) is 5.26. The van der Waals surface area contributed by atoms with Crippen molar-refractivity contribution in [2.24, 2.45) is 0 Å². The van der Waals surface area contributed by atoms with Crippen molar-refractivity contribution in [1.82, 2.24) is 5.32 Å². The predicted octanol–water partition coefficient (Wildman–Crippen LogP) is -1.12. The van der Waals surface area contributed by atoms with Gasteiger partial charge in [-0.1, -0.05) is 6.42 Å². The summed E-state index contributed by atoms with van der Waals surface area (Å²) in [4.78, 5) is 21.0. The maximum absolute atomic E-state index is 10.5. The van der Waals surface area contributed by atoms with Gasteiger partial charge in [0.1, 0.15) is 6.11 Å². The first-order valence-electron chi connectivity index (χ1n) is 3.13. The zero-order valence-corrected chi connectivity index (χ0v) is 6.62. The molecule has 0 atom stereocenters. The predicted molar refractivity (Wildman–Crippen MR) is 39.8 cm³/mol. The quantitative estimate of drug-likeness (QED) is 0.429. The summed E-state index contributed by atoms with van der Waals surface area (Å²) in [5.74, 6) is -1.06. The van der Waals surface area contributed by atoms with E-state index in [-0.39, 0.29) is 13.1 Å². The van der Waals surface area contributed by atoms with Gasteiger partial charge in [-0.3, -0.25) is 10.1 Å². The van der Waals surface area contributed by atoms with Crippen LogP contribution in [0.3, 0.4) is 0 Å². The van der Waals surface area contributed by atoms with Gasteiger partial charge in [0, 0.05) is 0 Å². The van der Waals surface area contributed by atoms with E-state index in [4.69, 9.17) is 0 Å². The Kier molecular flexibility index (Phi) is 5.39. The molecule has 0 heterocycles. The lowest BCUT2D eigenvalue weighted by Crippen LogP contribution is -2.29. The molecule has 5 heteroatoms. The molecular weight excluding hydrogens is 162 g/mol. The molecule has 1 N–H and O–H groups in total. The van der Waals surface area contributed by atoms with Crippen LogP contribution in [0, 0.1) is 12.5 Å². The number of methoxy groups -OCH3 is 1. The van der Waals surface area contributed by atoms with Crippen LogP contribution in [-0.4, -0.2) is 32.1 Å². The van der Waals surface area contributed by atoms with Gasteiger partial charge in [-0.2, -0.15) is 0 Å². The van der Waals surface area contributed by atoms with Gasteiger partial charge in [0.15, 0.2) is 0 Å². The first-order valence-corrected chi connectivity index (χ1v) is 3.13. The highest BCUT2D eigenvalue weighted by Gasteiger charge is 2.03. The molecule has 0 saturated heterocycles. The second kappa shape index (κ2) is 6.19. The van der Waals surface area contributed by atoms with E-state index in [2.05, 4.69) is 21.2 Å². The third-order valence-electron chi connectivity index (χ3n) is 0.939. The topological polar surface area (TPSA) is 64.6 Å². The lowest BCUT2D eigenvalue weighted by atomic mass is 10.6. The van der Waals surface area contributed by atoms with E-state index >= 15 is 0 Å². The van der Waals surface area contributed by atoms with Crippen LogP contribution < -0.4 is 5.32 Å². The minimum absolute atomic E-state index is 0.0455. The van der Waals surface area contributed by atoms with Gasteiger partial charge in [-0.25, -0.2) is 4.79 Å². The van der Waals surface area contributed by atoms with Crippen LogP contribution >= 0.6 is 0 Å². The third-order valence-corrected chi connectivity index (χ3v) is 0.939. The molecule has 12 heavy (non-hydrogen) atoms. The molecule has 0 aromatic carbocycles. The van der Waals surface area contributed by atoms with Crippen molar-refractivity contribution < 1.29 is 19.1 Å². The monoisotopic (exact) mass is 171 g/mol. The van der Waals surface area contributed by atoms with Crippen LogP contribution in [0.5, 0.6) is 0 Å². The maximum Gasteiger partial charge on any atom is 0.333 e. The number of ether oxygens (including phenoxy) is 2. The summed E-state index contributed by atoms with van der Waals surface area (Å²) in [6.07, 6.45) is 6.39. The number of rotatable bonds is 4. The van der Waals surface area contributed by atoms with Crippen molar-refractivity contribution >= 4 is 11.9 Å². The molecule has 0 spiro atoms. The van der Waals surface area contributed by atoms with Gasteiger partial charge < -0.3 is 9.47 Å². The lowest BCUT2D eigenvalue weighted by molar-refractivity contribution is -0.140. The molecule has 0 unspecified atom stereocenters. The van der Waals surface area contributed by atoms with Crippen molar-refractivity contribution in [1.29, 1.82) is 0 Å². The molecule has 0 rings (SSSR count). The van der Waals surface area contributed by atoms with Gasteiger partial charge in [0.05, 0.1) is 20.2 Å². The molecular formula is C7H9NO4. The Hall–Kier alpha value is -1.54. The van der Waals surface area contributed by atoms with E-state index in [1.54, 1.807) is 6.11 Å². The molecule has 0 bridgehead atoms. The van der Waals surface area contributed by atoms with Crippen LogP contribution in [0.15, 0.2) is 0 Å². The summed E-state index contributed by atoms with van der Waals surface area (Å²) < 4.78 is 8.43. The largest absolute Gasteiger partial charge is 0.468 e. The zero-order valence-electron chi connectivity index (χ0n) is 6.62. The summed E-state index contributed by atoms with van der Waals surface area (Å²) in [6, 6.07) is 0. The standard InChI is InChI=1S/C7H9NO4/c1-3-12-7(10)5-8-4-6(9)11-2/h1,8H,4-5H2,2H3. The van der Waals surface area contributed by atoms with Crippen LogP contribution in [0.4, 0.5) is 0 Å². The Morgan fingerprint density at radius 2 is 2.00 bits per heavy atom. The Morgan fingerprint density at radius 1 is 1.42 bits per heavy atom. The molecule has 0 aliphatic rings. The average molecular weight is 171 g/mol. The van der Waals surface area contributed by atoms with Crippen molar-refractivity contribution in [2.75, 3.05) is 20.2 Å². The highest BCUT2D eigenvalue weighted by Crippen LogP contribution is 1.73. The van der Waals surface area contributed by atoms with Crippen molar-refractivity contribution in [2.45, 2.75) is 0 Å². The SMILES string of the molecule is C#COC(=O)CNCC(=O)OC. The minimum atomic E-state index is -0.610. The summed E-state index contributed by atoms with van der Waals surface area (Å²) >= 11 is 0. The molecule has 0 aliphatic heterocycles. The van der Waals surface area contributed by atoms with E-state index in [0.29, 0.717) is 0 Å². The van der Waals surface area contributed by atoms with E-state index in [1.807, 2.05) is 0 Å². The number of carbonyl (C=O) groups excluding carboxylic acids is 2. The van der Waals surface area contributed by atoms with Crippen molar-refractivity contribution in [3.05, 3.63) is 0 Å². The van der Waals surface area contributed by atoms with Gasteiger partial charge in [-0.15, -0.1) is 0 Å². The van der Waals surface area contributed by atoms with Gasteiger partial charge in [-0.05, 0) is 0 Å². The summed E-state index contributed by atoms with van der Waals surface area (Å²) in [7, 11) is 1.25. The fourth-order valence-corrected chi connectivity index (χ4v) is 0.441. The Balaban J connectivity index is 3.38. The maximum atomic E-state index is 10.5. The Bertz CT molecular complexity index is 206. The van der Waals surface area contributed by atoms with Gasteiger partial charge in [0.2, 0.25) is 0 Å². The molecule has 0 radical (unpaired) electrons. The smallest absolute Gasteiger partial charge is 0.333 e. The fourth-order valence-electron chi connectivity index (χ4n) is 0.441. The molecule has 0 aromatic rings. The van der Waals surface area contributed by atoms with Crippen LogP contribution in [-0.2, 0) is 19.1 Å². The molecule has 0 fully saturated rings. The van der Waals surface area contributed by atoms with Crippen molar-refractivity contribution in [3.8, 4) is 12.5 Å². The second-order valence-corrected chi connectivity index (χ2v) is 1.77. The highest BCUT2D eigenvalue weighted by atomic mass is 16.5. The molecule has 0 saturated carbocycles. The minimum Gasteiger partial charge on any atom is -0.468 e. The second-order valence-electron chi connectivity index (χ2n) is 1.77. The number of terminal acetylenes is 1. The van der Waals surface area contributed by atoms with Crippen LogP contribution in [0.1, 0.15) is 0 Å². The average Bonchev–Trinajstić information content (AvgIpc) is 2.04. The van der Waals surface area contributed by atoms with Gasteiger partial charge >= 0.3 is 11.9 Å². The van der Waals surface area contributed by atoms with E-state index < -0.39 is 11.9 Å². The zero-order chi connectivity index (χ0) is 9.40. The number of hydrogen-bond acceptors (Lipinski definition) is 5. The lowest BCUT2D eigenvalue weighted by Gasteiger charge is -1.99.